The number of anilines is 4. The summed E-state index contributed by atoms with van der Waals surface area (Å²) in [5.41, 5.74) is 13.7. The highest BCUT2D eigenvalue weighted by Crippen LogP contribution is 2.22. The van der Waals surface area contributed by atoms with Crippen LogP contribution in [0.25, 0.3) is 0 Å². The number of hydrogen-bond acceptors (Lipinski definition) is 6. The van der Waals surface area contributed by atoms with E-state index < -0.39 is 11.8 Å². The van der Waals surface area contributed by atoms with Gasteiger partial charge in [-0.15, -0.1) is 0 Å². The van der Waals surface area contributed by atoms with Crippen molar-refractivity contribution in [2.45, 2.75) is 6.92 Å². The summed E-state index contributed by atoms with van der Waals surface area (Å²) in [7, 11) is 0. The Labute approximate surface area is 155 Å². The third kappa shape index (κ3) is 4.37. The number of aromatic nitrogens is 2. The first-order chi connectivity index (χ1) is 12.9. The number of nitrogens with two attached hydrogens (primary N) is 2. The van der Waals surface area contributed by atoms with Crippen molar-refractivity contribution in [2.24, 2.45) is 11.5 Å². The summed E-state index contributed by atoms with van der Waals surface area (Å²) in [6.45, 7) is 1.96. The SMILES string of the molecule is Cc1cccc(Nc2nc(Nc3ccc(C(N)=O)cc3)ncc2C(N)=O)c1. The van der Waals surface area contributed by atoms with Crippen molar-refractivity contribution >= 4 is 35.0 Å². The lowest BCUT2D eigenvalue weighted by Gasteiger charge is -2.12. The highest BCUT2D eigenvalue weighted by molar-refractivity contribution is 5.98. The van der Waals surface area contributed by atoms with Crippen molar-refractivity contribution in [3.63, 3.8) is 0 Å². The Bertz CT molecular complexity index is 1000. The smallest absolute Gasteiger partial charge is 0.254 e. The van der Waals surface area contributed by atoms with E-state index in [0.29, 0.717) is 17.1 Å². The average Bonchev–Trinajstić information content (AvgIpc) is 2.62. The number of carbonyl (C=O) groups excluding carboxylic acids is 2. The molecule has 1 aromatic heterocycles. The van der Waals surface area contributed by atoms with Crippen LogP contribution in [-0.4, -0.2) is 21.8 Å². The number of nitrogens with one attached hydrogen (secondary N) is 2. The molecule has 0 atom stereocenters. The van der Waals surface area contributed by atoms with Gasteiger partial charge in [0.15, 0.2) is 0 Å². The molecule has 0 radical (unpaired) electrons. The van der Waals surface area contributed by atoms with Crippen LogP contribution in [0, 0.1) is 6.92 Å². The standard InChI is InChI=1S/C19H18N6O2/c1-11-3-2-4-14(9-11)23-18-15(17(21)27)10-22-19(25-18)24-13-7-5-12(6-8-13)16(20)26/h2-10H,1H3,(H2,20,26)(H2,21,27)(H2,22,23,24,25). The van der Waals surface area contributed by atoms with Crippen molar-refractivity contribution in [2.75, 3.05) is 10.6 Å². The van der Waals surface area contributed by atoms with Crippen LogP contribution in [0.1, 0.15) is 26.3 Å². The van der Waals surface area contributed by atoms with Gasteiger partial charge in [-0.3, -0.25) is 9.59 Å². The van der Waals surface area contributed by atoms with Gasteiger partial charge in [-0.05, 0) is 48.9 Å². The fraction of sp³-hybridized carbons (Fsp3) is 0.0526. The third-order valence-electron chi connectivity index (χ3n) is 3.76. The van der Waals surface area contributed by atoms with Gasteiger partial charge in [0.1, 0.15) is 11.4 Å². The quantitative estimate of drug-likeness (QED) is 0.532. The number of carbonyl (C=O) groups is 2. The molecule has 0 aliphatic heterocycles. The van der Waals surface area contributed by atoms with E-state index >= 15 is 0 Å². The van der Waals surface area contributed by atoms with E-state index in [1.807, 2.05) is 31.2 Å². The zero-order chi connectivity index (χ0) is 19.4. The summed E-state index contributed by atoms with van der Waals surface area (Å²) in [6.07, 6.45) is 1.35. The Balaban J connectivity index is 1.88. The number of rotatable bonds is 6. The molecule has 0 saturated heterocycles. The maximum atomic E-state index is 11.7. The lowest BCUT2D eigenvalue weighted by molar-refractivity contribution is 0.0992. The second-order valence-electron chi connectivity index (χ2n) is 5.88. The molecule has 0 aliphatic rings. The van der Waals surface area contributed by atoms with Gasteiger partial charge in [-0.1, -0.05) is 12.1 Å². The second kappa shape index (κ2) is 7.52. The Morgan fingerprint density at radius 3 is 2.30 bits per heavy atom. The number of primary amides is 2. The molecule has 6 N–H and O–H groups in total. The Morgan fingerprint density at radius 2 is 1.67 bits per heavy atom. The van der Waals surface area contributed by atoms with E-state index in [4.69, 9.17) is 11.5 Å². The molecular weight excluding hydrogens is 344 g/mol. The number of hydrogen-bond donors (Lipinski definition) is 4. The predicted molar refractivity (Wildman–Crippen MR) is 103 cm³/mol. The van der Waals surface area contributed by atoms with E-state index in [9.17, 15) is 9.59 Å². The molecule has 8 heteroatoms. The maximum Gasteiger partial charge on any atom is 0.254 e. The number of amides is 2. The van der Waals surface area contributed by atoms with Crippen LogP contribution >= 0.6 is 0 Å². The molecule has 2 aromatic carbocycles. The minimum Gasteiger partial charge on any atom is -0.366 e. The molecule has 0 unspecified atom stereocenters. The normalized spacial score (nSPS) is 10.3. The topological polar surface area (TPSA) is 136 Å². The van der Waals surface area contributed by atoms with Crippen LogP contribution in [0.15, 0.2) is 54.7 Å². The van der Waals surface area contributed by atoms with E-state index in [0.717, 1.165) is 11.3 Å². The van der Waals surface area contributed by atoms with Gasteiger partial charge in [0.25, 0.3) is 5.91 Å². The molecule has 0 aliphatic carbocycles. The molecule has 0 bridgehead atoms. The molecule has 136 valence electrons. The van der Waals surface area contributed by atoms with E-state index in [-0.39, 0.29) is 11.5 Å². The summed E-state index contributed by atoms with van der Waals surface area (Å²) in [5.74, 6) is -0.586. The van der Waals surface area contributed by atoms with Gasteiger partial charge in [-0.25, -0.2) is 4.98 Å². The Hall–Kier alpha value is -3.94. The molecule has 1 heterocycles. The van der Waals surface area contributed by atoms with Gasteiger partial charge in [0.2, 0.25) is 11.9 Å². The van der Waals surface area contributed by atoms with Gasteiger partial charge in [0.05, 0.1) is 0 Å². The summed E-state index contributed by atoms with van der Waals surface area (Å²) in [4.78, 5) is 31.3. The summed E-state index contributed by atoms with van der Waals surface area (Å²) < 4.78 is 0. The zero-order valence-electron chi connectivity index (χ0n) is 14.6. The molecule has 3 aromatic rings. The lowest BCUT2D eigenvalue weighted by atomic mass is 10.2. The van der Waals surface area contributed by atoms with E-state index in [1.54, 1.807) is 24.3 Å². The number of aryl methyl sites for hydroxylation is 1. The van der Waals surface area contributed by atoms with Crippen molar-refractivity contribution in [1.82, 2.24) is 9.97 Å². The summed E-state index contributed by atoms with van der Waals surface area (Å²) in [5, 5.41) is 6.10. The molecule has 0 spiro atoms. The Morgan fingerprint density at radius 1 is 0.926 bits per heavy atom. The van der Waals surface area contributed by atoms with E-state index in [2.05, 4.69) is 20.6 Å². The van der Waals surface area contributed by atoms with Gasteiger partial charge in [0, 0.05) is 23.1 Å². The van der Waals surface area contributed by atoms with Gasteiger partial charge < -0.3 is 22.1 Å². The first-order valence-electron chi connectivity index (χ1n) is 8.10. The van der Waals surface area contributed by atoms with Gasteiger partial charge in [-0.2, -0.15) is 4.98 Å². The van der Waals surface area contributed by atoms with Crippen molar-refractivity contribution in [1.29, 1.82) is 0 Å². The lowest BCUT2D eigenvalue weighted by Crippen LogP contribution is -2.15. The molecular formula is C19H18N6O2. The molecule has 2 amide bonds. The van der Waals surface area contributed by atoms with Crippen molar-refractivity contribution < 1.29 is 9.59 Å². The molecule has 0 saturated carbocycles. The van der Waals surface area contributed by atoms with Crippen LogP contribution in [0.2, 0.25) is 0 Å². The maximum absolute atomic E-state index is 11.7. The highest BCUT2D eigenvalue weighted by atomic mass is 16.1. The predicted octanol–water partition coefficient (Wildman–Crippen LogP) is 2.47. The number of benzene rings is 2. The summed E-state index contributed by atoms with van der Waals surface area (Å²) in [6, 6.07) is 14.2. The number of nitrogens with zero attached hydrogens (tertiary/aromatic N) is 2. The van der Waals surface area contributed by atoms with Crippen LogP contribution in [0.5, 0.6) is 0 Å². The minimum absolute atomic E-state index is 0.172. The molecule has 27 heavy (non-hydrogen) atoms. The van der Waals surface area contributed by atoms with Crippen LogP contribution in [0.3, 0.4) is 0 Å². The largest absolute Gasteiger partial charge is 0.366 e. The summed E-state index contributed by atoms with van der Waals surface area (Å²) >= 11 is 0. The van der Waals surface area contributed by atoms with Gasteiger partial charge >= 0.3 is 0 Å². The second-order valence-corrected chi connectivity index (χ2v) is 5.88. The van der Waals surface area contributed by atoms with E-state index in [1.165, 1.54) is 6.20 Å². The van der Waals surface area contributed by atoms with Crippen molar-refractivity contribution in [3.05, 3.63) is 71.4 Å². The fourth-order valence-corrected chi connectivity index (χ4v) is 2.42. The van der Waals surface area contributed by atoms with Crippen LogP contribution in [-0.2, 0) is 0 Å². The monoisotopic (exact) mass is 362 g/mol. The van der Waals surface area contributed by atoms with Crippen LogP contribution in [0.4, 0.5) is 23.1 Å². The highest BCUT2D eigenvalue weighted by Gasteiger charge is 2.13. The van der Waals surface area contributed by atoms with Crippen LogP contribution < -0.4 is 22.1 Å². The third-order valence-corrected chi connectivity index (χ3v) is 3.76. The molecule has 8 nitrogen and oxygen atoms in total. The molecule has 3 rings (SSSR count). The van der Waals surface area contributed by atoms with Crippen molar-refractivity contribution in [3.8, 4) is 0 Å². The molecule has 0 fully saturated rings. The zero-order valence-corrected chi connectivity index (χ0v) is 14.6. The first-order valence-corrected chi connectivity index (χ1v) is 8.10. The Kier molecular flexibility index (Phi) is 4.98. The minimum atomic E-state index is -0.637. The average molecular weight is 362 g/mol. The fourth-order valence-electron chi connectivity index (χ4n) is 2.42. The first kappa shape index (κ1) is 17.9.